The lowest BCUT2D eigenvalue weighted by molar-refractivity contribution is -0.131. The number of carbonyl (C=O) groups excluding carboxylic acids is 4. The predicted molar refractivity (Wildman–Crippen MR) is 207 cm³/mol. The van der Waals surface area contributed by atoms with E-state index in [0.29, 0.717) is 47.5 Å². The summed E-state index contributed by atoms with van der Waals surface area (Å²) in [4.78, 5) is 84.6. The third-order valence-corrected chi connectivity index (χ3v) is 11.2. The lowest BCUT2D eigenvalue weighted by atomic mass is 9.98. The number of thiazole rings is 1. The average Bonchev–Trinajstić information content (AvgIpc) is 3.43. The van der Waals surface area contributed by atoms with Crippen molar-refractivity contribution in [3.63, 3.8) is 0 Å². The maximum absolute atomic E-state index is 13.7. The molecule has 3 aromatic rings. The number of amides is 4. The van der Waals surface area contributed by atoms with Crippen LogP contribution in [-0.4, -0.2) is 66.4 Å². The molecule has 16 nitrogen and oxygen atoms in total. The number of oxazole rings is 1. The van der Waals surface area contributed by atoms with Gasteiger partial charge in [-0.3, -0.25) is 24.0 Å². The van der Waals surface area contributed by atoms with Gasteiger partial charge in [0.25, 0.3) is 17.4 Å². The zero-order chi connectivity index (χ0) is 40.4. The Labute approximate surface area is 329 Å². The topological polar surface area (TPSA) is 249 Å². The van der Waals surface area contributed by atoms with Crippen molar-refractivity contribution in [1.82, 2.24) is 30.5 Å². The van der Waals surface area contributed by atoms with E-state index < -0.39 is 47.0 Å². The number of nitrogens with two attached hydrogens (primary N) is 1. The van der Waals surface area contributed by atoms with Crippen molar-refractivity contribution in [3.8, 4) is 17.5 Å². The molecule has 304 valence electrons. The maximum Gasteiger partial charge on any atom is 0.362 e. The summed E-state index contributed by atoms with van der Waals surface area (Å²) < 4.78 is 6.54. The van der Waals surface area contributed by atoms with Gasteiger partial charge in [0.1, 0.15) is 16.7 Å². The third kappa shape index (κ3) is 10.8. The summed E-state index contributed by atoms with van der Waals surface area (Å²) in [6.07, 6.45) is 14.4. The quantitative estimate of drug-likeness (QED) is 0.0682. The van der Waals surface area contributed by atoms with Crippen LogP contribution in [0.3, 0.4) is 0 Å². The van der Waals surface area contributed by atoms with E-state index in [4.69, 9.17) is 10.2 Å². The summed E-state index contributed by atoms with van der Waals surface area (Å²) in [6, 6.07) is -0.165. The number of nitrogens with zero attached hydrogens (tertiary/aromatic N) is 3. The van der Waals surface area contributed by atoms with Gasteiger partial charge in [-0.15, -0.1) is 11.3 Å². The van der Waals surface area contributed by atoms with Crippen molar-refractivity contribution in [2.24, 2.45) is 5.73 Å². The number of aromatic carboxylic acids is 1. The molecule has 1 fully saturated rings. The number of carboxylic acids is 1. The summed E-state index contributed by atoms with van der Waals surface area (Å²) in [5.41, 5.74) is 5.54. The molecule has 0 saturated heterocycles. The number of hydrogen-bond donors (Lipinski definition) is 6. The second-order valence-corrected chi connectivity index (χ2v) is 15.9. The molecule has 7 N–H and O–H groups in total. The summed E-state index contributed by atoms with van der Waals surface area (Å²) in [6.45, 7) is 3.94. The highest BCUT2D eigenvalue weighted by atomic mass is 32.1. The van der Waals surface area contributed by atoms with Crippen molar-refractivity contribution in [2.75, 3.05) is 0 Å². The fourth-order valence-corrected chi connectivity index (χ4v) is 7.96. The van der Waals surface area contributed by atoms with Gasteiger partial charge in [0.2, 0.25) is 23.4 Å². The molecule has 0 bridgehead atoms. The monoisotopic (exact) mass is 795 g/mol. The van der Waals surface area contributed by atoms with Crippen LogP contribution in [0.25, 0.3) is 11.6 Å². The highest BCUT2D eigenvalue weighted by Crippen LogP contribution is 2.50. The van der Waals surface area contributed by atoms with Crippen LogP contribution in [0.5, 0.6) is 5.95 Å². The molecule has 4 amide bonds. The molecule has 4 heterocycles. The van der Waals surface area contributed by atoms with Crippen LogP contribution >= 0.6 is 11.3 Å². The third-order valence-electron chi connectivity index (χ3n) is 10.4. The van der Waals surface area contributed by atoms with E-state index in [1.165, 1.54) is 55.6 Å². The minimum atomic E-state index is -1.47. The highest BCUT2D eigenvalue weighted by Gasteiger charge is 2.53. The van der Waals surface area contributed by atoms with E-state index in [0.717, 1.165) is 30.6 Å². The van der Waals surface area contributed by atoms with E-state index in [-0.39, 0.29) is 54.8 Å². The molecule has 17 heteroatoms. The Hall–Kier alpha value is -5.06. The number of primary amides is 1. The first-order valence-electron chi connectivity index (χ1n) is 19.7. The van der Waals surface area contributed by atoms with Crippen LogP contribution in [0.4, 0.5) is 0 Å². The summed E-state index contributed by atoms with van der Waals surface area (Å²) >= 11 is 1.15. The first-order chi connectivity index (χ1) is 26.8. The summed E-state index contributed by atoms with van der Waals surface area (Å²) in [5.74, 6) is -4.45. The number of hydrogen-bond acceptors (Lipinski definition) is 11. The van der Waals surface area contributed by atoms with Gasteiger partial charge in [0.05, 0.1) is 24.1 Å². The molecule has 3 aromatic heterocycles. The van der Waals surface area contributed by atoms with E-state index in [1.807, 2.05) is 0 Å². The van der Waals surface area contributed by atoms with E-state index in [1.54, 1.807) is 12.3 Å². The Morgan fingerprint density at radius 3 is 2.29 bits per heavy atom. The Morgan fingerprint density at radius 2 is 1.68 bits per heavy atom. The second kappa shape index (κ2) is 19.2. The molecule has 1 aliphatic carbocycles. The molecule has 0 aromatic carbocycles. The first kappa shape index (κ1) is 42.1. The number of unbranched alkanes of at least 4 members (excludes halogenated alkanes) is 10. The molecule has 5 rings (SSSR count). The minimum absolute atomic E-state index is 0.0303. The average molecular weight is 796 g/mol. The van der Waals surface area contributed by atoms with Crippen LogP contribution in [0, 0.1) is 0 Å². The number of aromatic nitrogens is 3. The normalized spacial score (nSPS) is 14.9. The minimum Gasteiger partial charge on any atom is -0.479 e. The van der Waals surface area contributed by atoms with Gasteiger partial charge in [0.15, 0.2) is 0 Å². The standard InChI is InChI=1S/C39H53N7O9S/c1-3-4-5-6-7-8-9-10-11-12-13-14-29(48)42-25(20-28(40)47)34(50)41-23(2)15-16-27-32-24(39(17-18-39)45-35(32)51)19-31(49)46(27)21-30-43-26(22-56-30)36-44-33(37(52)53)38(54)55-36/h19,22-23,25,54H,3-18,20-21H2,1-2H3,(H2,40,47)(H,41,50)(H,42,48)(H,45,51)(H,52,53)/t23-,25+/m0/s1. The molecule has 1 aliphatic heterocycles. The van der Waals surface area contributed by atoms with Gasteiger partial charge in [-0.05, 0) is 44.6 Å². The zero-order valence-corrected chi connectivity index (χ0v) is 32.9. The van der Waals surface area contributed by atoms with Crippen molar-refractivity contribution in [3.05, 3.63) is 49.3 Å². The van der Waals surface area contributed by atoms with Gasteiger partial charge in [0, 0.05) is 29.6 Å². The van der Waals surface area contributed by atoms with Crippen LogP contribution in [-0.2, 0) is 32.9 Å². The van der Waals surface area contributed by atoms with Gasteiger partial charge >= 0.3 is 11.9 Å². The maximum atomic E-state index is 13.7. The molecule has 2 aliphatic rings. The van der Waals surface area contributed by atoms with Crippen LogP contribution < -0.4 is 27.2 Å². The second-order valence-electron chi connectivity index (χ2n) is 15.0. The van der Waals surface area contributed by atoms with Crippen LogP contribution in [0.2, 0.25) is 0 Å². The predicted octanol–water partition coefficient (Wildman–Crippen LogP) is 4.64. The number of rotatable bonds is 24. The molecule has 0 radical (unpaired) electrons. The van der Waals surface area contributed by atoms with Crippen LogP contribution in [0.15, 0.2) is 20.7 Å². The van der Waals surface area contributed by atoms with E-state index in [2.05, 4.69) is 32.8 Å². The molecule has 1 spiro atoms. The highest BCUT2D eigenvalue weighted by molar-refractivity contribution is 7.09. The van der Waals surface area contributed by atoms with Gasteiger partial charge in [-0.2, -0.15) is 4.98 Å². The summed E-state index contributed by atoms with van der Waals surface area (Å²) in [5, 5.41) is 29.6. The molecular weight excluding hydrogens is 743 g/mol. The fourth-order valence-electron chi connectivity index (χ4n) is 7.20. The summed E-state index contributed by atoms with van der Waals surface area (Å²) in [7, 11) is 0. The van der Waals surface area contributed by atoms with Crippen molar-refractivity contribution < 1.29 is 38.6 Å². The number of carboxylic acid groups (broad SMARTS) is 1. The number of aromatic hydroxyl groups is 1. The van der Waals surface area contributed by atoms with E-state index in [9.17, 15) is 39.0 Å². The number of pyridine rings is 1. The Morgan fingerprint density at radius 1 is 1.02 bits per heavy atom. The van der Waals surface area contributed by atoms with Crippen LogP contribution in [0.1, 0.15) is 154 Å². The number of carbonyl (C=O) groups is 5. The first-order valence-corrected chi connectivity index (χ1v) is 20.6. The number of fused-ring (bicyclic) bond motifs is 2. The van der Waals surface area contributed by atoms with E-state index >= 15 is 0 Å². The van der Waals surface area contributed by atoms with Crippen molar-refractivity contribution in [2.45, 2.75) is 147 Å². The van der Waals surface area contributed by atoms with Crippen molar-refractivity contribution in [1.29, 1.82) is 0 Å². The van der Waals surface area contributed by atoms with Gasteiger partial charge in [-0.25, -0.2) is 9.78 Å². The molecule has 1 saturated carbocycles. The number of nitrogens with one attached hydrogen (secondary N) is 3. The molecule has 56 heavy (non-hydrogen) atoms. The van der Waals surface area contributed by atoms with Crippen molar-refractivity contribution >= 4 is 40.9 Å². The lowest BCUT2D eigenvalue weighted by Gasteiger charge is -2.22. The van der Waals surface area contributed by atoms with Gasteiger partial charge < -0.3 is 40.9 Å². The SMILES string of the molecule is CCCCCCCCCCCCCC(=O)N[C@H](CC(N)=O)C(=O)N[C@@H](C)CCc1c2c(cc(=O)n1Cc1nc(-c3nc(C(=O)O)c(O)o3)cs1)C1(CC1)NC2=O. The molecule has 2 atom stereocenters. The zero-order valence-electron chi connectivity index (χ0n) is 32.1. The lowest BCUT2D eigenvalue weighted by Crippen LogP contribution is -2.50. The Bertz CT molecular complexity index is 1970. The smallest absolute Gasteiger partial charge is 0.362 e. The fraction of sp³-hybridized carbons (Fsp3) is 0.590. The molecular formula is C39H53N7O9S. The molecule has 0 unspecified atom stereocenters. The van der Waals surface area contributed by atoms with Gasteiger partial charge in [-0.1, -0.05) is 71.1 Å². The largest absolute Gasteiger partial charge is 0.479 e. The Balaban J connectivity index is 1.19. The Kier molecular flexibility index (Phi) is 14.4.